The van der Waals surface area contributed by atoms with Crippen LogP contribution in [0.25, 0.3) is 106 Å². The van der Waals surface area contributed by atoms with Gasteiger partial charge in [-0.25, -0.2) is 19.9 Å². The van der Waals surface area contributed by atoms with E-state index in [-0.39, 0.29) is 17.0 Å². The van der Waals surface area contributed by atoms with Gasteiger partial charge in [-0.2, -0.15) is 13.2 Å². The van der Waals surface area contributed by atoms with E-state index < -0.39 is 11.7 Å². The molecule has 0 aliphatic carbocycles. The number of para-hydroxylation sites is 1. The van der Waals surface area contributed by atoms with Crippen molar-refractivity contribution in [2.75, 3.05) is 0 Å². The number of fused-ring (bicyclic) bond motifs is 3. The molecule has 0 spiro atoms. The molecule has 5 nitrogen and oxygen atoms in total. The largest absolute Gasteiger partial charge is 0.416 e. The van der Waals surface area contributed by atoms with Crippen LogP contribution in [0.5, 0.6) is 0 Å². The molecule has 3 aromatic heterocycles. The fraction of sp³-hybridized carbons (Fsp3) is 0.0667. The lowest BCUT2D eigenvalue weighted by Gasteiger charge is -2.22. The van der Waals surface area contributed by atoms with Gasteiger partial charge in [-0.05, 0) is 85.5 Å². The van der Waals surface area contributed by atoms with Crippen LogP contribution < -0.4 is 0 Å². The average molecular weight is 890 g/mol. The van der Waals surface area contributed by atoms with Crippen molar-refractivity contribution >= 4 is 21.8 Å². The summed E-state index contributed by atoms with van der Waals surface area (Å²) in [5.41, 5.74) is 12.4. The highest BCUT2D eigenvalue weighted by Crippen LogP contribution is 2.46. The van der Waals surface area contributed by atoms with Crippen LogP contribution in [-0.2, 0) is 6.18 Å². The number of hydrogen-bond donors (Lipinski definition) is 0. The average Bonchev–Trinajstić information content (AvgIpc) is 3.69. The number of rotatable bonds is 8. The summed E-state index contributed by atoms with van der Waals surface area (Å²) in [7, 11) is 0. The van der Waals surface area contributed by atoms with Crippen molar-refractivity contribution in [3.63, 3.8) is 0 Å². The summed E-state index contributed by atoms with van der Waals surface area (Å²) in [5, 5.41) is 1.88. The molecule has 0 fully saturated rings. The minimum Gasteiger partial charge on any atom is -0.308 e. The zero-order valence-electron chi connectivity index (χ0n) is 37.4. The summed E-state index contributed by atoms with van der Waals surface area (Å²) in [6, 6.07) is 63.4. The molecule has 328 valence electrons. The molecule has 0 amide bonds. The van der Waals surface area contributed by atoms with Crippen LogP contribution in [-0.4, -0.2) is 24.5 Å². The fourth-order valence-electron chi connectivity index (χ4n) is 9.55. The Hall–Kier alpha value is -8.49. The Balaban J connectivity index is 1.30. The Kier molecular flexibility index (Phi) is 10.6. The standard InChI is InChI=1S/C60H42F3N5/c1-37-30-38(2)56(39(3)31-37)44-28-29-55-47(32-44)46-26-16-17-27-54(46)68(55)57-48(53-36-52(42-22-12-6-13-23-42)64-58(67-53)43-24-14-7-15-25-43)33-45(60(61,62)63)34-49(57)59-65-50(40-18-8-4-9-19-40)35-51(66-59)41-20-10-5-11-21-41/h4-36H,1-3H3. The van der Waals surface area contributed by atoms with Crippen molar-refractivity contribution in [2.45, 2.75) is 26.9 Å². The maximum atomic E-state index is 15.8. The summed E-state index contributed by atoms with van der Waals surface area (Å²) < 4.78 is 49.3. The Morgan fingerprint density at radius 3 is 1.40 bits per heavy atom. The zero-order chi connectivity index (χ0) is 46.5. The van der Waals surface area contributed by atoms with Gasteiger partial charge in [0, 0.05) is 44.2 Å². The first-order valence-corrected chi connectivity index (χ1v) is 22.4. The number of alkyl halides is 3. The van der Waals surface area contributed by atoms with Crippen molar-refractivity contribution < 1.29 is 13.2 Å². The Morgan fingerprint density at radius 2 is 0.838 bits per heavy atom. The van der Waals surface area contributed by atoms with E-state index in [0.717, 1.165) is 66.3 Å². The molecule has 8 aromatic carbocycles. The SMILES string of the molecule is Cc1cc(C)c(-c2ccc3c(c2)c2ccccc2n3-c2c(-c3cc(-c4ccccc4)nc(-c4ccccc4)n3)cc(C(F)(F)F)cc2-c2nc(-c3ccccc3)cc(-c3ccccc3)n2)c(C)c1. The molecule has 68 heavy (non-hydrogen) atoms. The third-order valence-corrected chi connectivity index (χ3v) is 12.5. The molecule has 0 aliphatic heterocycles. The first kappa shape index (κ1) is 42.2. The predicted molar refractivity (Wildman–Crippen MR) is 269 cm³/mol. The third kappa shape index (κ3) is 7.79. The Labute approximate surface area is 392 Å². The molecule has 0 bridgehead atoms. The molecule has 0 radical (unpaired) electrons. The monoisotopic (exact) mass is 889 g/mol. The second kappa shape index (κ2) is 17.1. The minimum atomic E-state index is -4.77. The second-order valence-electron chi connectivity index (χ2n) is 17.2. The highest BCUT2D eigenvalue weighted by Gasteiger charge is 2.35. The summed E-state index contributed by atoms with van der Waals surface area (Å²) in [5.74, 6) is 0.498. The van der Waals surface area contributed by atoms with E-state index in [1.165, 1.54) is 17.7 Å². The molecule has 0 saturated carbocycles. The van der Waals surface area contributed by atoms with Gasteiger partial charge in [0.25, 0.3) is 0 Å². The van der Waals surface area contributed by atoms with Crippen LogP contribution in [0, 0.1) is 20.8 Å². The van der Waals surface area contributed by atoms with E-state index in [1.54, 1.807) is 6.07 Å². The highest BCUT2D eigenvalue weighted by atomic mass is 19.4. The van der Waals surface area contributed by atoms with Gasteiger partial charge < -0.3 is 4.57 Å². The second-order valence-corrected chi connectivity index (χ2v) is 17.2. The number of aromatic nitrogens is 5. The smallest absolute Gasteiger partial charge is 0.308 e. The lowest BCUT2D eigenvalue weighted by Crippen LogP contribution is -2.11. The van der Waals surface area contributed by atoms with Crippen molar-refractivity contribution in [1.29, 1.82) is 0 Å². The molecule has 0 saturated heterocycles. The quantitative estimate of drug-likeness (QED) is 0.152. The van der Waals surface area contributed by atoms with Gasteiger partial charge >= 0.3 is 6.18 Å². The van der Waals surface area contributed by atoms with E-state index in [1.807, 2.05) is 146 Å². The Morgan fingerprint density at radius 1 is 0.382 bits per heavy atom. The van der Waals surface area contributed by atoms with Crippen LogP contribution in [0.15, 0.2) is 200 Å². The number of benzene rings is 8. The number of halogens is 3. The van der Waals surface area contributed by atoms with Gasteiger partial charge in [0.05, 0.1) is 45.1 Å². The lowest BCUT2D eigenvalue weighted by atomic mass is 9.93. The van der Waals surface area contributed by atoms with Crippen molar-refractivity contribution in [3.8, 4) is 84.6 Å². The van der Waals surface area contributed by atoms with E-state index in [2.05, 4.69) is 61.7 Å². The minimum absolute atomic E-state index is 0.127. The first-order valence-electron chi connectivity index (χ1n) is 22.4. The molecule has 11 rings (SSSR count). The van der Waals surface area contributed by atoms with Crippen LogP contribution in [0.2, 0.25) is 0 Å². The molecule has 8 heteroatoms. The maximum absolute atomic E-state index is 15.8. The zero-order valence-corrected chi connectivity index (χ0v) is 37.4. The third-order valence-electron chi connectivity index (χ3n) is 12.5. The first-order chi connectivity index (χ1) is 33.1. The molecule has 3 heterocycles. The predicted octanol–water partition coefficient (Wildman–Crippen LogP) is 16.0. The van der Waals surface area contributed by atoms with Crippen LogP contribution in [0.3, 0.4) is 0 Å². The van der Waals surface area contributed by atoms with E-state index in [9.17, 15) is 0 Å². The lowest BCUT2D eigenvalue weighted by molar-refractivity contribution is -0.137. The highest BCUT2D eigenvalue weighted by molar-refractivity contribution is 6.12. The number of nitrogens with zero attached hydrogens (tertiary/aromatic N) is 5. The van der Waals surface area contributed by atoms with Crippen molar-refractivity contribution in [2.24, 2.45) is 0 Å². The van der Waals surface area contributed by atoms with Crippen molar-refractivity contribution in [3.05, 3.63) is 222 Å². The van der Waals surface area contributed by atoms with Gasteiger partial charge in [-0.1, -0.05) is 163 Å². The van der Waals surface area contributed by atoms with Gasteiger partial charge in [-0.15, -0.1) is 0 Å². The van der Waals surface area contributed by atoms with Gasteiger partial charge in [0.2, 0.25) is 0 Å². The molecule has 0 unspecified atom stereocenters. The molecule has 11 aromatic rings. The van der Waals surface area contributed by atoms with E-state index in [4.69, 9.17) is 19.9 Å². The van der Waals surface area contributed by atoms with Crippen LogP contribution >= 0.6 is 0 Å². The number of aryl methyl sites for hydroxylation is 3. The number of hydrogen-bond acceptors (Lipinski definition) is 4. The van der Waals surface area contributed by atoms with E-state index >= 15 is 13.2 Å². The van der Waals surface area contributed by atoms with Crippen LogP contribution in [0.4, 0.5) is 13.2 Å². The summed E-state index contributed by atoms with van der Waals surface area (Å²) in [4.78, 5) is 20.5. The molecule has 0 atom stereocenters. The molecule has 0 N–H and O–H groups in total. The summed E-state index contributed by atoms with van der Waals surface area (Å²) in [6.07, 6.45) is -4.77. The summed E-state index contributed by atoms with van der Waals surface area (Å²) in [6.45, 7) is 6.36. The topological polar surface area (TPSA) is 56.5 Å². The normalized spacial score (nSPS) is 11.7. The summed E-state index contributed by atoms with van der Waals surface area (Å²) >= 11 is 0. The molecular weight excluding hydrogens is 848 g/mol. The fourth-order valence-corrected chi connectivity index (χ4v) is 9.55. The molecular formula is C60H42F3N5. The molecule has 0 aliphatic rings. The Bertz CT molecular complexity index is 3390. The van der Waals surface area contributed by atoms with Gasteiger partial charge in [0.1, 0.15) is 0 Å². The van der Waals surface area contributed by atoms with E-state index in [0.29, 0.717) is 34.3 Å². The maximum Gasteiger partial charge on any atom is 0.416 e. The van der Waals surface area contributed by atoms with Gasteiger partial charge in [-0.3, -0.25) is 0 Å². The van der Waals surface area contributed by atoms with Gasteiger partial charge in [0.15, 0.2) is 11.6 Å². The van der Waals surface area contributed by atoms with Crippen molar-refractivity contribution in [1.82, 2.24) is 24.5 Å². The van der Waals surface area contributed by atoms with Crippen LogP contribution in [0.1, 0.15) is 22.3 Å².